The normalized spacial score (nSPS) is 20.2. The van der Waals surface area contributed by atoms with E-state index >= 15 is 0 Å². The number of rotatable bonds is 2. The second-order valence-corrected chi connectivity index (χ2v) is 8.70. The summed E-state index contributed by atoms with van der Waals surface area (Å²) in [5, 5.41) is 11.0. The Balaban J connectivity index is 1.83. The van der Waals surface area contributed by atoms with Crippen LogP contribution in [0.4, 0.5) is 0 Å². The maximum atomic E-state index is 9.70. The van der Waals surface area contributed by atoms with Gasteiger partial charge >= 0.3 is 0 Å². The molecule has 2 aromatic carbocycles. The topological polar surface area (TPSA) is 59.0 Å². The summed E-state index contributed by atoms with van der Waals surface area (Å²) in [5.41, 5.74) is 10.4. The van der Waals surface area contributed by atoms with Crippen LogP contribution in [0.15, 0.2) is 70.8 Å². The Hall–Kier alpha value is -1.94. The minimum absolute atomic E-state index is 0.132. The summed E-state index contributed by atoms with van der Waals surface area (Å²) in [5.74, 6) is 0.573. The van der Waals surface area contributed by atoms with Crippen LogP contribution in [0.2, 0.25) is 10.0 Å². The van der Waals surface area contributed by atoms with Gasteiger partial charge in [0.25, 0.3) is 0 Å². The Morgan fingerprint density at radius 1 is 1.14 bits per heavy atom. The average molecular weight is 521 g/mol. The number of hydrogen-bond donors (Lipinski definition) is 1. The fraction of sp³-hybridized carbons (Fsp3) is 0.136. The van der Waals surface area contributed by atoms with Gasteiger partial charge in [0.05, 0.1) is 5.92 Å². The van der Waals surface area contributed by atoms with Gasteiger partial charge in [-0.05, 0) is 82.0 Å². The van der Waals surface area contributed by atoms with Crippen molar-refractivity contribution in [1.29, 1.82) is 5.26 Å². The van der Waals surface area contributed by atoms with E-state index < -0.39 is 0 Å². The molecule has 28 heavy (non-hydrogen) atoms. The molecule has 2 aliphatic rings. The van der Waals surface area contributed by atoms with Gasteiger partial charge in [-0.1, -0.05) is 47.5 Å². The van der Waals surface area contributed by atoms with E-state index in [0.717, 1.165) is 44.4 Å². The summed E-state index contributed by atoms with van der Waals surface area (Å²) in [6.07, 6.45) is 3.60. The minimum Gasteiger partial charge on any atom is -0.440 e. The molecule has 2 aromatic rings. The summed E-state index contributed by atoms with van der Waals surface area (Å²) in [7, 11) is 0. The number of hydrogen-bond acceptors (Lipinski definition) is 3. The summed E-state index contributed by atoms with van der Waals surface area (Å²) in [6, 6.07) is 15.7. The number of nitrogens with zero attached hydrogens (tertiary/aromatic N) is 1. The SMILES string of the molecule is N#CC1=C(N)OC2=C(CCC2=Cc2ccc(I)cc2Cl)C1c1ccccc1Cl. The summed E-state index contributed by atoms with van der Waals surface area (Å²) in [4.78, 5) is 0. The van der Waals surface area contributed by atoms with Crippen LogP contribution in [-0.4, -0.2) is 0 Å². The van der Waals surface area contributed by atoms with E-state index in [0.29, 0.717) is 15.6 Å². The molecule has 0 saturated heterocycles. The van der Waals surface area contributed by atoms with Gasteiger partial charge in [-0.2, -0.15) is 5.26 Å². The lowest BCUT2D eigenvalue weighted by atomic mass is 9.83. The quantitative estimate of drug-likeness (QED) is 0.457. The first-order valence-corrected chi connectivity index (χ1v) is 10.5. The van der Waals surface area contributed by atoms with Crippen molar-refractivity contribution >= 4 is 51.9 Å². The van der Waals surface area contributed by atoms with E-state index in [1.807, 2.05) is 48.5 Å². The van der Waals surface area contributed by atoms with E-state index in [1.165, 1.54) is 0 Å². The minimum atomic E-state index is -0.291. The largest absolute Gasteiger partial charge is 0.440 e. The third kappa shape index (κ3) is 3.43. The molecule has 0 saturated carbocycles. The van der Waals surface area contributed by atoms with Crippen molar-refractivity contribution in [2.24, 2.45) is 5.73 Å². The summed E-state index contributed by atoms with van der Waals surface area (Å²) < 4.78 is 6.99. The van der Waals surface area contributed by atoms with Crippen LogP contribution in [0, 0.1) is 14.9 Å². The van der Waals surface area contributed by atoms with Gasteiger partial charge in [0.2, 0.25) is 5.88 Å². The van der Waals surface area contributed by atoms with E-state index in [-0.39, 0.29) is 11.8 Å². The Morgan fingerprint density at radius 3 is 2.64 bits per heavy atom. The zero-order valence-electron chi connectivity index (χ0n) is 14.7. The standard InChI is InChI=1S/C22H15Cl2IN2O/c23-18-4-2-1-3-15(18)20-16-8-6-13(21(16)28-22(27)17(20)11-26)9-12-5-7-14(25)10-19(12)24/h1-5,7,9-10,20H,6,8,27H2. The molecule has 4 rings (SSSR count). The molecule has 140 valence electrons. The molecule has 0 fully saturated rings. The molecule has 0 radical (unpaired) electrons. The summed E-state index contributed by atoms with van der Waals surface area (Å²) >= 11 is 15.1. The van der Waals surface area contributed by atoms with Gasteiger partial charge in [0, 0.05) is 13.6 Å². The van der Waals surface area contributed by atoms with Crippen molar-refractivity contribution in [2.45, 2.75) is 18.8 Å². The number of halogens is 3. The first-order valence-electron chi connectivity index (χ1n) is 8.70. The van der Waals surface area contributed by atoms with E-state index in [2.05, 4.69) is 28.7 Å². The number of benzene rings is 2. The number of nitrogens with two attached hydrogens (primary N) is 1. The first-order chi connectivity index (χ1) is 13.5. The Kier molecular flexibility index (Phi) is 5.42. The lowest BCUT2D eigenvalue weighted by Crippen LogP contribution is -2.19. The van der Waals surface area contributed by atoms with Crippen molar-refractivity contribution in [3.63, 3.8) is 0 Å². The molecule has 0 spiro atoms. The van der Waals surface area contributed by atoms with Crippen LogP contribution in [0.1, 0.15) is 29.9 Å². The maximum Gasteiger partial charge on any atom is 0.205 e. The van der Waals surface area contributed by atoms with Crippen molar-refractivity contribution in [3.8, 4) is 6.07 Å². The molecule has 2 N–H and O–H groups in total. The van der Waals surface area contributed by atoms with Gasteiger partial charge in [-0.15, -0.1) is 0 Å². The highest BCUT2D eigenvalue weighted by Gasteiger charge is 2.37. The maximum absolute atomic E-state index is 9.70. The molecule has 1 atom stereocenters. The van der Waals surface area contributed by atoms with E-state index in [4.69, 9.17) is 33.7 Å². The van der Waals surface area contributed by atoms with Crippen molar-refractivity contribution in [2.75, 3.05) is 0 Å². The van der Waals surface area contributed by atoms with Crippen molar-refractivity contribution in [3.05, 3.63) is 95.6 Å². The number of nitriles is 1. The van der Waals surface area contributed by atoms with Crippen LogP contribution in [0.25, 0.3) is 6.08 Å². The molecule has 1 unspecified atom stereocenters. The van der Waals surface area contributed by atoms with Crippen molar-refractivity contribution in [1.82, 2.24) is 0 Å². The van der Waals surface area contributed by atoms with Crippen LogP contribution in [0.3, 0.4) is 0 Å². The van der Waals surface area contributed by atoms with Gasteiger partial charge < -0.3 is 10.5 Å². The Labute approximate surface area is 187 Å². The lowest BCUT2D eigenvalue weighted by Gasteiger charge is -2.26. The smallest absolute Gasteiger partial charge is 0.205 e. The first kappa shape index (κ1) is 19.4. The average Bonchev–Trinajstić information content (AvgIpc) is 3.06. The third-order valence-electron chi connectivity index (χ3n) is 4.99. The molecular weight excluding hydrogens is 506 g/mol. The van der Waals surface area contributed by atoms with Gasteiger partial charge in [0.1, 0.15) is 17.4 Å². The number of ether oxygens (including phenoxy) is 1. The molecule has 3 nitrogen and oxygen atoms in total. The van der Waals surface area contributed by atoms with E-state index in [1.54, 1.807) is 0 Å². The predicted octanol–water partition coefficient (Wildman–Crippen LogP) is 6.54. The van der Waals surface area contributed by atoms with Crippen molar-refractivity contribution < 1.29 is 4.74 Å². The summed E-state index contributed by atoms with van der Waals surface area (Å²) in [6.45, 7) is 0. The monoisotopic (exact) mass is 520 g/mol. The molecule has 0 amide bonds. The van der Waals surface area contributed by atoms with Crippen LogP contribution >= 0.6 is 45.8 Å². The molecule has 1 aliphatic heterocycles. The van der Waals surface area contributed by atoms with E-state index in [9.17, 15) is 5.26 Å². The highest BCUT2D eigenvalue weighted by atomic mass is 127. The molecular formula is C22H15Cl2IN2O. The van der Waals surface area contributed by atoms with Gasteiger partial charge in [0.15, 0.2) is 0 Å². The molecule has 0 aromatic heterocycles. The van der Waals surface area contributed by atoms with Crippen LogP contribution < -0.4 is 5.73 Å². The lowest BCUT2D eigenvalue weighted by molar-refractivity contribution is 0.292. The Morgan fingerprint density at radius 2 is 1.93 bits per heavy atom. The highest BCUT2D eigenvalue weighted by molar-refractivity contribution is 14.1. The Bertz CT molecular complexity index is 1110. The van der Waals surface area contributed by atoms with Crippen LogP contribution in [-0.2, 0) is 4.74 Å². The fourth-order valence-electron chi connectivity index (χ4n) is 3.71. The molecule has 1 aliphatic carbocycles. The van der Waals surface area contributed by atoms with Crippen LogP contribution in [0.5, 0.6) is 0 Å². The molecule has 1 heterocycles. The zero-order valence-corrected chi connectivity index (χ0v) is 18.3. The van der Waals surface area contributed by atoms with Gasteiger partial charge in [-0.25, -0.2) is 0 Å². The second-order valence-electron chi connectivity index (χ2n) is 6.64. The second kappa shape index (κ2) is 7.82. The van der Waals surface area contributed by atoms with Gasteiger partial charge in [-0.3, -0.25) is 0 Å². The molecule has 6 heteroatoms. The highest BCUT2D eigenvalue weighted by Crippen LogP contribution is 2.49. The zero-order chi connectivity index (χ0) is 19.8. The predicted molar refractivity (Wildman–Crippen MR) is 121 cm³/mol. The fourth-order valence-corrected chi connectivity index (χ4v) is 4.86. The molecule has 0 bridgehead atoms. The third-order valence-corrected chi connectivity index (χ3v) is 6.33. The number of allylic oxidation sites excluding steroid dienone is 3.